The lowest BCUT2D eigenvalue weighted by molar-refractivity contribution is -0.148. The molecule has 3 aliphatic rings. The van der Waals surface area contributed by atoms with Crippen molar-refractivity contribution in [1.82, 2.24) is 10.2 Å². The summed E-state index contributed by atoms with van der Waals surface area (Å²) in [5.74, 6) is -2.61. The van der Waals surface area contributed by atoms with E-state index in [0.717, 1.165) is 21.9 Å². The summed E-state index contributed by atoms with van der Waals surface area (Å²) in [7, 11) is 0. The minimum Gasteiger partial charge on any atom is -0.394 e. The van der Waals surface area contributed by atoms with E-state index >= 15 is 0 Å². The molecule has 0 saturated carbocycles. The predicted molar refractivity (Wildman–Crippen MR) is 171 cm³/mol. The van der Waals surface area contributed by atoms with Crippen molar-refractivity contribution in [2.75, 3.05) is 11.9 Å². The Morgan fingerprint density at radius 1 is 0.889 bits per heavy atom. The van der Waals surface area contributed by atoms with Gasteiger partial charge in [0.2, 0.25) is 17.7 Å². The van der Waals surface area contributed by atoms with E-state index in [4.69, 9.17) is 4.74 Å². The molecule has 6 atom stereocenters. The van der Waals surface area contributed by atoms with Crippen molar-refractivity contribution in [3.8, 4) is 0 Å². The Hall–Kier alpha value is -4.53. The number of hydrogen-bond donors (Lipinski definition) is 3. The summed E-state index contributed by atoms with van der Waals surface area (Å²) in [6.45, 7) is 1.87. The average molecular weight is 604 g/mol. The molecule has 0 radical (unpaired) electrons. The van der Waals surface area contributed by atoms with Crippen molar-refractivity contribution in [2.24, 2.45) is 11.8 Å². The normalized spacial score (nSPS) is 27.4. The second-order valence-electron chi connectivity index (χ2n) is 12.8. The molecule has 4 aromatic carbocycles. The van der Waals surface area contributed by atoms with E-state index in [-0.39, 0.29) is 24.3 Å². The molecule has 3 amide bonds. The number of amides is 3. The maximum atomic E-state index is 14.6. The van der Waals surface area contributed by atoms with Crippen molar-refractivity contribution in [3.05, 3.63) is 114 Å². The Balaban J connectivity index is 1.25. The van der Waals surface area contributed by atoms with Gasteiger partial charge in [-0.3, -0.25) is 14.4 Å². The summed E-state index contributed by atoms with van der Waals surface area (Å²) >= 11 is 0. The van der Waals surface area contributed by atoms with Gasteiger partial charge in [-0.25, -0.2) is 0 Å². The fourth-order valence-electron chi connectivity index (χ4n) is 7.97. The number of carbonyl (C=O) groups excluding carboxylic acids is 3. The topological polar surface area (TPSA) is 108 Å². The van der Waals surface area contributed by atoms with E-state index in [1.165, 1.54) is 4.90 Å². The molecule has 3 fully saturated rings. The highest BCUT2D eigenvalue weighted by atomic mass is 16.5. The van der Waals surface area contributed by atoms with Crippen molar-refractivity contribution in [3.63, 3.8) is 0 Å². The summed E-state index contributed by atoms with van der Waals surface area (Å²) in [6, 6.07) is 31.1. The Labute approximate surface area is 262 Å². The molecule has 230 valence electrons. The zero-order chi connectivity index (χ0) is 31.2. The minimum atomic E-state index is -1.20. The molecule has 7 rings (SSSR count). The van der Waals surface area contributed by atoms with Gasteiger partial charge in [-0.05, 0) is 60.2 Å². The molecule has 0 aliphatic carbocycles. The number of ether oxygens (including phenoxy) is 1. The lowest BCUT2D eigenvalue weighted by Gasteiger charge is -2.37. The maximum absolute atomic E-state index is 14.6. The summed E-state index contributed by atoms with van der Waals surface area (Å²) in [5.41, 5.74) is 0.381. The number of benzene rings is 4. The van der Waals surface area contributed by atoms with Gasteiger partial charge in [0.25, 0.3) is 0 Å². The van der Waals surface area contributed by atoms with Gasteiger partial charge < -0.3 is 25.4 Å². The molecular formula is C37H37N3O5. The van der Waals surface area contributed by atoms with Crippen LogP contribution in [0.3, 0.4) is 0 Å². The second kappa shape index (κ2) is 11.4. The van der Waals surface area contributed by atoms with Crippen molar-refractivity contribution >= 4 is 34.2 Å². The third-order valence-electron chi connectivity index (χ3n) is 9.99. The van der Waals surface area contributed by atoms with E-state index in [9.17, 15) is 19.5 Å². The van der Waals surface area contributed by atoms with Crippen molar-refractivity contribution in [1.29, 1.82) is 0 Å². The van der Waals surface area contributed by atoms with Crippen LogP contribution in [0.15, 0.2) is 103 Å². The van der Waals surface area contributed by atoms with Gasteiger partial charge in [0.1, 0.15) is 11.6 Å². The van der Waals surface area contributed by atoms with Gasteiger partial charge in [0, 0.05) is 12.2 Å². The quantitative estimate of drug-likeness (QED) is 0.262. The van der Waals surface area contributed by atoms with Crippen LogP contribution in [0, 0.1) is 11.8 Å². The van der Waals surface area contributed by atoms with E-state index in [1.807, 2.05) is 110 Å². The number of hydrogen-bond acceptors (Lipinski definition) is 5. The second-order valence-corrected chi connectivity index (χ2v) is 12.8. The lowest BCUT2D eigenvalue weighted by atomic mass is 9.66. The molecule has 0 aromatic heterocycles. The fraction of sp³-hybridized carbons (Fsp3) is 0.324. The third kappa shape index (κ3) is 4.98. The van der Waals surface area contributed by atoms with Crippen LogP contribution in [0.4, 0.5) is 5.69 Å². The van der Waals surface area contributed by atoms with Gasteiger partial charge in [-0.15, -0.1) is 0 Å². The number of likely N-dealkylation sites (tertiary alicyclic amines) is 1. The average Bonchev–Trinajstić information content (AvgIpc) is 3.64. The molecule has 2 unspecified atom stereocenters. The van der Waals surface area contributed by atoms with E-state index in [1.54, 1.807) is 0 Å². The van der Waals surface area contributed by atoms with Crippen LogP contribution in [0.5, 0.6) is 0 Å². The molecule has 3 saturated heterocycles. The summed E-state index contributed by atoms with van der Waals surface area (Å²) in [6.07, 6.45) is 1.35. The molecule has 4 aromatic rings. The van der Waals surface area contributed by atoms with Crippen LogP contribution in [0.1, 0.15) is 30.9 Å². The molecule has 45 heavy (non-hydrogen) atoms. The van der Waals surface area contributed by atoms with E-state index < -0.39 is 35.1 Å². The SMILES string of the molecule is C[C@]12CCC3(O1)C(C(=O)Nc1ccc4ccccc4c1)N([C@@H](CO)Cc1ccccc1)C(=O)[C@@H]3[C@H]2C(=O)NCc1ccccc1. The highest BCUT2D eigenvalue weighted by Crippen LogP contribution is 2.63. The van der Waals surface area contributed by atoms with Crippen LogP contribution in [0.25, 0.3) is 10.8 Å². The molecule has 8 heteroatoms. The van der Waals surface area contributed by atoms with Crippen LogP contribution in [-0.4, -0.2) is 57.6 Å². The summed E-state index contributed by atoms with van der Waals surface area (Å²) in [4.78, 5) is 44.5. The first-order valence-corrected chi connectivity index (χ1v) is 15.6. The Morgan fingerprint density at radius 3 is 2.27 bits per heavy atom. The van der Waals surface area contributed by atoms with Crippen LogP contribution < -0.4 is 10.6 Å². The molecule has 3 heterocycles. The van der Waals surface area contributed by atoms with Crippen molar-refractivity contribution < 1.29 is 24.2 Å². The van der Waals surface area contributed by atoms with Gasteiger partial charge in [0.15, 0.2) is 0 Å². The fourth-order valence-corrected chi connectivity index (χ4v) is 7.97. The van der Waals surface area contributed by atoms with Crippen molar-refractivity contribution in [2.45, 2.75) is 56.0 Å². The van der Waals surface area contributed by atoms with E-state index in [0.29, 0.717) is 31.5 Å². The first kappa shape index (κ1) is 29.2. The van der Waals surface area contributed by atoms with Crippen LogP contribution >= 0.6 is 0 Å². The lowest BCUT2D eigenvalue weighted by Crippen LogP contribution is -2.57. The standard InChI is InChI=1S/C37H37N3O5/c1-36-18-19-37(45-36)31(30(36)33(42)38-22-25-12-6-3-7-13-25)35(44)40(29(23-41)20-24-10-4-2-5-11-24)32(37)34(43)39-28-17-16-26-14-8-9-15-27(26)21-28/h2-17,21,29-32,41H,18-20,22-23H2,1H3,(H,38,42)(H,39,43)/t29-,30+,31+,32?,36-,37?/m1/s1. The van der Waals surface area contributed by atoms with Gasteiger partial charge in [-0.2, -0.15) is 0 Å². The molecular weight excluding hydrogens is 566 g/mol. The zero-order valence-electron chi connectivity index (χ0n) is 25.2. The molecule has 3 N–H and O–H groups in total. The zero-order valence-corrected chi connectivity index (χ0v) is 25.2. The number of aliphatic hydroxyl groups excluding tert-OH is 1. The molecule has 1 spiro atoms. The smallest absolute Gasteiger partial charge is 0.250 e. The number of aliphatic hydroxyl groups is 1. The first-order chi connectivity index (χ1) is 21.8. The highest BCUT2D eigenvalue weighted by Gasteiger charge is 2.78. The number of rotatable bonds is 9. The number of nitrogens with zero attached hydrogens (tertiary/aromatic N) is 1. The Morgan fingerprint density at radius 2 is 1.56 bits per heavy atom. The predicted octanol–water partition coefficient (Wildman–Crippen LogP) is 4.46. The monoisotopic (exact) mass is 603 g/mol. The molecule has 3 aliphatic heterocycles. The van der Waals surface area contributed by atoms with Gasteiger partial charge in [0.05, 0.1) is 30.1 Å². The Bertz CT molecular complexity index is 1750. The van der Waals surface area contributed by atoms with Gasteiger partial charge >= 0.3 is 0 Å². The van der Waals surface area contributed by atoms with Gasteiger partial charge in [-0.1, -0.05) is 91.0 Å². The summed E-state index contributed by atoms with van der Waals surface area (Å²) < 4.78 is 6.78. The largest absolute Gasteiger partial charge is 0.394 e. The van der Waals surface area contributed by atoms with Crippen LogP contribution in [0.2, 0.25) is 0 Å². The number of anilines is 1. The minimum absolute atomic E-state index is 0.263. The summed E-state index contributed by atoms with van der Waals surface area (Å²) in [5, 5.41) is 18.8. The molecule has 2 bridgehead atoms. The highest BCUT2D eigenvalue weighted by molar-refractivity contribution is 6.04. The number of nitrogens with one attached hydrogen (secondary N) is 2. The third-order valence-corrected chi connectivity index (χ3v) is 9.99. The Kier molecular flexibility index (Phi) is 7.42. The first-order valence-electron chi connectivity index (χ1n) is 15.6. The molecule has 8 nitrogen and oxygen atoms in total. The number of fused-ring (bicyclic) bond motifs is 2. The van der Waals surface area contributed by atoms with Crippen LogP contribution in [-0.2, 0) is 32.1 Å². The maximum Gasteiger partial charge on any atom is 0.250 e. The van der Waals surface area contributed by atoms with E-state index in [2.05, 4.69) is 10.6 Å². The number of carbonyl (C=O) groups is 3.